The first-order chi connectivity index (χ1) is 11.5. The lowest BCUT2D eigenvalue weighted by Crippen LogP contribution is -2.37. The lowest BCUT2D eigenvalue weighted by molar-refractivity contribution is 0.0927. The number of fused-ring (bicyclic) bond motifs is 1. The van der Waals surface area contributed by atoms with Crippen LogP contribution in [0.15, 0.2) is 23.0 Å². The molecule has 0 bridgehead atoms. The second-order valence-corrected chi connectivity index (χ2v) is 6.29. The van der Waals surface area contributed by atoms with E-state index in [9.17, 15) is 18.4 Å². The predicted molar refractivity (Wildman–Crippen MR) is 88.1 cm³/mol. The van der Waals surface area contributed by atoms with Crippen LogP contribution in [0, 0.1) is 11.6 Å². The SMILES string of the molecule is CCCn1c(C(=O)NC2CCCC2)cc2cc(F)c(F)cc2c1=O. The molecule has 4 nitrogen and oxygen atoms in total. The van der Waals surface area contributed by atoms with Gasteiger partial charge in [-0.15, -0.1) is 0 Å². The number of hydrogen-bond acceptors (Lipinski definition) is 2. The highest BCUT2D eigenvalue weighted by Gasteiger charge is 2.21. The van der Waals surface area contributed by atoms with Gasteiger partial charge >= 0.3 is 0 Å². The largest absolute Gasteiger partial charge is 0.348 e. The number of carbonyl (C=O) groups is 1. The summed E-state index contributed by atoms with van der Waals surface area (Å²) in [5.41, 5.74) is -0.267. The molecular formula is C18H20F2N2O2. The number of nitrogens with one attached hydrogen (secondary N) is 1. The van der Waals surface area contributed by atoms with Gasteiger partial charge in [0, 0.05) is 12.6 Å². The lowest BCUT2D eigenvalue weighted by atomic mass is 10.1. The zero-order chi connectivity index (χ0) is 17.3. The van der Waals surface area contributed by atoms with E-state index < -0.39 is 17.2 Å². The van der Waals surface area contributed by atoms with E-state index in [1.165, 1.54) is 10.6 Å². The van der Waals surface area contributed by atoms with Crippen molar-refractivity contribution in [3.63, 3.8) is 0 Å². The summed E-state index contributed by atoms with van der Waals surface area (Å²) in [5, 5.41) is 3.27. The van der Waals surface area contributed by atoms with Crippen molar-refractivity contribution in [1.29, 1.82) is 0 Å². The average Bonchev–Trinajstić information content (AvgIpc) is 3.05. The molecule has 128 valence electrons. The molecule has 0 saturated heterocycles. The van der Waals surface area contributed by atoms with Gasteiger partial charge in [0.1, 0.15) is 5.69 Å². The number of amides is 1. The van der Waals surface area contributed by atoms with E-state index in [0.29, 0.717) is 13.0 Å². The Balaban J connectivity index is 2.10. The fourth-order valence-electron chi connectivity index (χ4n) is 3.31. The average molecular weight is 334 g/mol. The summed E-state index contributed by atoms with van der Waals surface area (Å²) in [6, 6.07) is 3.45. The van der Waals surface area contributed by atoms with E-state index in [4.69, 9.17) is 0 Å². The number of rotatable bonds is 4. The summed E-state index contributed by atoms with van der Waals surface area (Å²) >= 11 is 0. The van der Waals surface area contributed by atoms with Crippen molar-refractivity contribution < 1.29 is 13.6 Å². The van der Waals surface area contributed by atoms with Crippen molar-refractivity contribution in [3.8, 4) is 0 Å². The maximum absolute atomic E-state index is 13.5. The normalized spacial score (nSPS) is 15.1. The molecule has 1 heterocycles. The Morgan fingerprint density at radius 2 is 1.88 bits per heavy atom. The Morgan fingerprint density at radius 1 is 1.21 bits per heavy atom. The molecule has 24 heavy (non-hydrogen) atoms. The molecule has 1 N–H and O–H groups in total. The topological polar surface area (TPSA) is 51.1 Å². The van der Waals surface area contributed by atoms with Gasteiger partial charge < -0.3 is 9.88 Å². The number of halogens is 2. The molecule has 1 aromatic carbocycles. The predicted octanol–water partition coefficient (Wildman–Crippen LogP) is 3.36. The van der Waals surface area contributed by atoms with E-state index in [2.05, 4.69) is 5.32 Å². The van der Waals surface area contributed by atoms with Gasteiger partial charge in [-0.2, -0.15) is 0 Å². The fourth-order valence-corrected chi connectivity index (χ4v) is 3.31. The van der Waals surface area contributed by atoms with Crippen LogP contribution >= 0.6 is 0 Å². The number of aromatic nitrogens is 1. The Kier molecular flexibility index (Phi) is 4.64. The lowest BCUT2D eigenvalue weighted by Gasteiger charge is -2.17. The molecule has 0 radical (unpaired) electrons. The highest BCUT2D eigenvalue weighted by Crippen LogP contribution is 2.20. The Hall–Kier alpha value is -2.24. The van der Waals surface area contributed by atoms with Gasteiger partial charge in [0.15, 0.2) is 11.6 Å². The van der Waals surface area contributed by atoms with Crippen LogP contribution in [0.4, 0.5) is 8.78 Å². The van der Waals surface area contributed by atoms with Crippen molar-refractivity contribution >= 4 is 16.7 Å². The Labute approximate surface area is 138 Å². The first kappa shape index (κ1) is 16.6. The molecule has 0 aliphatic heterocycles. The third-order valence-corrected chi connectivity index (χ3v) is 4.52. The van der Waals surface area contributed by atoms with Crippen LogP contribution in [-0.4, -0.2) is 16.5 Å². The molecule has 0 unspecified atom stereocenters. The molecule has 1 amide bonds. The van der Waals surface area contributed by atoms with Crippen LogP contribution in [0.5, 0.6) is 0 Å². The maximum atomic E-state index is 13.5. The number of hydrogen-bond donors (Lipinski definition) is 1. The molecule has 6 heteroatoms. The summed E-state index contributed by atoms with van der Waals surface area (Å²) in [6.07, 6.45) is 4.66. The van der Waals surface area contributed by atoms with Crippen molar-refractivity contribution in [2.45, 2.75) is 51.6 Å². The number of nitrogens with zero attached hydrogens (tertiary/aromatic N) is 1. The monoisotopic (exact) mass is 334 g/mol. The van der Waals surface area contributed by atoms with Crippen LogP contribution < -0.4 is 10.9 Å². The third-order valence-electron chi connectivity index (χ3n) is 4.52. The molecule has 1 aromatic heterocycles. The van der Waals surface area contributed by atoms with Crippen molar-refractivity contribution in [1.82, 2.24) is 9.88 Å². The zero-order valence-corrected chi connectivity index (χ0v) is 13.6. The zero-order valence-electron chi connectivity index (χ0n) is 13.6. The summed E-state index contributed by atoms with van der Waals surface area (Å²) in [5.74, 6) is -2.43. The highest BCUT2D eigenvalue weighted by atomic mass is 19.2. The summed E-state index contributed by atoms with van der Waals surface area (Å²) in [7, 11) is 0. The standard InChI is InChI=1S/C18H20F2N2O2/c1-2-7-22-16(17(23)21-12-5-3-4-6-12)9-11-8-14(19)15(20)10-13(11)18(22)24/h8-10,12H,2-7H2,1H3,(H,21,23). The van der Waals surface area contributed by atoms with Crippen LogP contribution in [0.3, 0.4) is 0 Å². The van der Waals surface area contributed by atoms with Gasteiger partial charge in [0.05, 0.1) is 5.39 Å². The van der Waals surface area contributed by atoms with Gasteiger partial charge in [-0.3, -0.25) is 9.59 Å². The molecule has 1 saturated carbocycles. The number of pyridine rings is 1. The van der Waals surface area contributed by atoms with Crippen molar-refractivity contribution in [2.24, 2.45) is 0 Å². The Bertz CT molecular complexity index is 839. The maximum Gasteiger partial charge on any atom is 0.268 e. The summed E-state index contributed by atoms with van der Waals surface area (Å²) in [6.45, 7) is 2.24. The molecular weight excluding hydrogens is 314 g/mol. The van der Waals surface area contributed by atoms with Crippen molar-refractivity contribution in [2.75, 3.05) is 0 Å². The van der Waals surface area contributed by atoms with Crippen LogP contribution in [0.25, 0.3) is 10.8 Å². The molecule has 3 rings (SSSR count). The number of carbonyl (C=O) groups excluding carboxylic acids is 1. The second-order valence-electron chi connectivity index (χ2n) is 6.29. The molecule has 2 aromatic rings. The van der Waals surface area contributed by atoms with E-state index >= 15 is 0 Å². The molecule has 0 atom stereocenters. The Morgan fingerprint density at radius 3 is 2.54 bits per heavy atom. The van der Waals surface area contributed by atoms with Crippen LogP contribution in [-0.2, 0) is 6.54 Å². The first-order valence-corrected chi connectivity index (χ1v) is 8.34. The summed E-state index contributed by atoms with van der Waals surface area (Å²) in [4.78, 5) is 25.2. The van der Waals surface area contributed by atoms with Crippen LogP contribution in [0.1, 0.15) is 49.5 Å². The van der Waals surface area contributed by atoms with Gasteiger partial charge in [-0.05, 0) is 42.8 Å². The minimum absolute atomic E-state index is 0.0831. The van der Waals surface area contributed by atoms with Crippen molar-refractivity contribution in [3.05, 3.63) is 45.9 Å². The summed E-state index contributed by atoms with van der Waals surface area (Å²) < 4.78 is 28.3. The van der Waals surface area contributed by atoms with Gasteiger partial charge in [0.2, 0.25) is 0 Å². The second kappa shape index (κ2) is 6.71. The minimum Gasteiger partial charge on any atom is -0.348 e. The van der Waals surface area contributed by atoms with E-state index in [-0.39, 0.29) is 28.4 Å². The minimum atomic E-state index is -1.06. The van der Waals surface area contributed by atoms with Crippen LogP contribution in [0.2, 0.25) is 0 Å². The molecule has 1 aliphatic carbocycles. The van der Waals surface area contributed by atoms with Gasteiger partial charge in [0.25, 0.3) is 11.5 Å². The molecule has 1 aliphatic rings. The molecule has 1 fully saturated rings. The number of benzene rings is 1. The highest BCUT2D eigenvalue weighted by molar-refractivity contribution is 5.96. The third kappa shape index (κ3) is 3.05. The van der Waals surface area contributed by atoms with E-state index in [1.807, 2.05) is 6.92 Å². The van der Waals surface area contributed by atoms with Gasteiger partial charge in [-0.1, -0.05) is 19.8 Å². The smallest absolute Gasteiger partial charge is 0.268 e. The fraction of sp³-hybridized carbons (Fsp3) is 0.444. The van der Waals surface area contributed by atoms with Gasteiger partial charge in [-0.25, -0.2) is 8.78 Å². The molecule has 0 spiro atoms. The first-order valence-electron chi connectivity index (χ1n) is 8.34. The van der Waals surface area contributed by atoms with E-state index in [0.717, 1.165) is 37.8 Å². The quantitative estimate of drug-likeness (QED) is 0.932. The van der Waals surface area contributed by atoms with E-state index in [1.54, 1.807) is 0 Å².